The van der Waals surface area contributed by atoms with Crippen molar-refractivity contribution in [3.8, 4) is 0 Å². The van der Waals surface area contributed by atoms with Crippen LogP contribution in [0.1, 0.15) is 24.4 Å². The maximum Gasteiger partial charge on any atom is 0.329 e. The fourth-order valence-electron chi connectivity index (χ4n) is 1.90. The number of esters is 1. The van der Waals surface area contributed by atoms with E-state index in [-0.39, 0.29) is 12.0 Å². The van der Waals surface area contributed by atoms with E-state index in [0.717, 1.165) is 24.4 Å². The number of ether oxygens (including phenoxy) is 1. The van der Waals surface area contributed by atoms with E-state index in [1.54, 1.807) is 6.33 Å². The summed E-state index contributed by atoms with van der Waals surface area (Å²) in [5.74, 6) is -0.220. The minimum atomic E-state index is -0.360. The SMILES string of the molecule is CCOC(=O)C1NCCc2ncn(C)c21. The van der Waals surface area contributed by atoms with Gasteiger partial charge in [-0.25, -0.2) is 9.78 Å². The third-order valence-corrected chi connectivity index (χ3v) is 2.57. The van der Waals surface area contributed by atoms with Crippen molar-refractivity contribution in [1.29, 1.82) is 0 Å². The van der Waals surface area contributed by atoms with Crippen molar-refractivity contribution in [2.75, 3.05) is 13.2 Å². The zero-order chi connectivity index (χ0) is 10.8. The van der Waals surface area contributed by atoms with Gasteiger partial charge in [-0.2, -0.15) is 0 Å². The molecule has 1 unspecified atom stereocenters. The number of hydrogen-bond donors (Lipinski definition) is 1. The first-order chi connectivity index (χ1) is 7.24. The average molecular weight is 209 g/mol. The largest absolute Gasteiger partial charge is 0.465 e. The Kier molecular flexibility index (Phi) is 2.73. The van der Waals surface area contributed by atoms with Crippen molar-refractivity contribution in [1.82, 2.24) is 14.9 Å². The molecule has 5 nitrogen and oxygen atoms in total. The van der Waals surface area contributed by atoms with Gasteiger partial charge in [0, 0.05) is 20.0 Å². The summed E-state index contributed by atoms with van der Waals surface area (Å²) in [5, 5.41) is 3.15. The first-order valence-corrected chi connectivity index (χ1v) is 5.14. The van der Waals surface area contributed by atoms with Gasteiger partial charge in [-0.15, -0.1) is 0 Å². The fraction of sp³-hybridized carbons (Fsp3) is 0.600. The van der Waals surface area contributed by atoms with Gasteiger partial charge < -0.3 is 9.30 Å². The predicted octanol–water partition coefficient (Wildman–Crippen LogP) is 0.170. The van der Waals surface area contributed by atoms with Crippen LogP contribution in [0.3, 0.4) is 0 Å². The van der Waals surface area contributed by atoms with Crippen LogP contribution in [0.15, 0.2) is 6.33 Å². The van der Waals surface area contributed by atoms with E-state index >= 15 is 0 Å². The van der Waals surface area contributed by atoms with E-state index < -0.39 is 0 Å². The van der Waals surface area contributed by atoms with Crippen LogP contribution in [0.25, 0.3) is 0 Å². The third-order valence-electron chi connectivity index (χ3n) is 2.57. The van der Waals surface area contributed by atoms with Gasteiger partial charge in [-0.3, -0.25) is 5.32 Å². The Balaban J connectivity index is 2.28. The van der Waals surface area contributed by atoms with Gasteiger partial charge in [-0.05, 0) is 6.92 Å². The van der Waals surface area contributed by atoms with Gasteiger partial charge in [0.2, 0.25) is 0 Å². The van der Waals surface area contributed by atoms with Crippen LogP contribution < -0.4 is 5.32 Å². The van der Waals surface area contributed by atoms with Crippen LogP contribution in [0.2, 0.25) is 0 Å². The Hall–Kier alpha value is -1.36. The van der Waals surface area contributed by atoms with Crippen LogP contribution in [-0.4, -0.2) is 28.7 Å². The lowest BCUT2D eigenvalue weighted by Crippen LogP contribution is -2.37. The number of rotatable bonds is 2. The first kappa shape index (κ1) is 10.2. The first-order valence-electron chi connectivity index (χ1n) is 5.14. The Morgan fingerprint density at radius 3 is 3.33 bits per heavy atom. The summed E-state index contributed by atoms with van der Waals surface area (Å²) in [6.45, 7) is 2.99. The zero-order valence-corrected chi connectivity index (χ0v) is 8.99. The second-order valence-electron chi connectivity index (χ2n) is 3.58. The second kappa shape index (κ2) is 4.02. The topological polar surface area (TPSA) is 56.1 Å². The molecule has 2 rings (SSSR count). The standard InChI is InChI=1S/C10H15N3O2/c1-3-15-10(14)8-9-7(4-5-11-8)12-6-13(9)2/h6,8,11H,3-5H2,1-2H3. The second-order valence-corrected chi connectivity index (χ2v) is 3.58. The van der Waals surface area contributed by atoms with E-state index in [4.69, 9.17) is 4.74 Å². The molecule has 0 bridgehead atoms. The summed E-state index contributed by atoms with van der Waals surface area (Å²) in [6, 6.07) is -0.360. The molecular weight excluding hydrogens is 194 g/mol. The molecule has 0 radical (unpaired) electrons. The molecule has 0 spiro atoms. The number of hydrogen-bond acceptors (Lipinski definition) is 4. The van der Waals surface area contributed by atoms with Crippen molar-refractivity contribution in [3.05, 3.63) is 17.7 Å². The molecule has 1 aliphatic heterocycles. The molecule has 1 N–H and O–H groups in total. The van der Waals surface area contributed by atoms with Gasteiger partial charge >= 0.3 is 5.97 Å². The zero-order valence-electron chi connectivity index (χ0n) is 8.99. The van der Waals surface area contributed by atoms with Gasteiger partial charge in [0.25, 0.3) is 0 Å². The third kappa shape index (κ3) is 1.74. The van der Waals surface area contributed by atoms with E-state index in [0.29, 0.717) is 6.61 Å². The van der Waals surface area contributed by atoms with Gasteiger partial charge in [0.15, 0.2) is 0 Å². The predicted molar refractivity (Wildman–Crippen MR) is 54.3 cm³/mol. The van der Waals surface area contributed by atoms with Crippen LogP contribution in [-0.2, 0) is 23.0 Å². The molecule has 1 aromatic rings. The molecule has 1 aromatic heterocycles. The quantitative estimate of drug-likeness (QED) is 0.705. The van der Waals surface area contributed by atoms with Crippen molar-refractivity contribution in [3.63, 3.8) is 0 Å². The number of aryl methyl sites for hydroxylation is 1. The highest BCUT2D eigenvalue weighted by Gasteiger charge is 2.30. The highest BCUT2D eigenvalue weighted by Crippen LogP contribution is 2.22. The summed E-state index contributed by atoms with van der Waals surface area (Å²) in [4.78, 5) is 15.9. The highest BCUT2D eigenvalue weighted by molar-refractivity contribution is 5.77. The average Bonchev–Trinajstić information content (AvgIpc) is 2.61. The van der Waals surface area contributed by atoms with Crippen LogP contribution in [0.5, 0.6) is 0 Å². The number of aromatic nitrogens is 2. The summed E-state index contributed by atoms with van der Waals surface area (Å²) in [7, 11) is 1.89. The van der Waals surface area contributed by atoms with Gasteiger partial charge in [0.05, 0.1) is 24.3 Å². The Labute approximate surface area is 88.4 Å². The van der Waals surface area contributed by atoms with Gasteiger partial charge in [0.1, 0.15) is 6.04 Å². The normalized spacial score (nSPS) is 19.7. The van der Waals surface area contributed by atoms with Crippen LogP contribution in [0, 0.1) is 0 Å². The van der Waals surface area contributed by atoms with Crippen LogP contribution >= 0.6 is 0 Å². The lowest BCUT2D eigenvalue weighted by molar-refractivity contribution is -0.146. The Morgan fingerprint density at radius 2 is 2.60 bits per heavy atom. The van der Waals surface area contributed by atoms with Crippen molar-refractivity contribution in [2.45, 2.75) is 19.4 Å². The highest BCUT2D eigenvalue weighted by atomic mass is 16.5. The number of fused-ring (bicyclic) bond motifs is 1. The number of carbonyl (C=O) groups excluding carboxylic acids is 1. The molecule has 0 amide bonds. The number of carbonyl (C=O) groups is 1. The smallest absolute Gasteiger partial charge is 0.329 e. The molecule has 1 aliphatic rings. The minimum absolute atomic E-state index is 0.220. The maximum atomic E-state index is 11.7. The van der Waals surface area contributed by atoms with E-state index in [1.165, 1.54) is 0 Å². The molecule has 0 aromatic carbocycles. The summed E-state index contributed by atoms with van der Waals surface area (Å²) in [5.41, 5.74) is 1.93. The summed E-state index contributed by atoms with van der Waals surface area (Å²) < 4.78 is 6.90. The molecule has 0 saturated heterocycles. The number of imidazole rings is 1. The number of nitrogens with one attached hydrogen (secondary N) is 1. The molecule has 82 valence electrons. The van der Waals surface area contributed by atoms with Gasteiger partial charge in [-0.1, -0.05) is 0 Å². The van der Waals surface area contributed by atoms with Crippen molar-refractivity contribution < 1.29 is 9.53 Å². The van der Waals surface area contributed by atoms with E-state index in [2.05, 4.69) is 10.3 Å². The minimum Gasteiger partial charge on any atom is -0.465 e. The molecule has 15 heavy (non-hydrogen) atoms. The molecule has 5 heteroatoms. The fourth-order valence-corrected chi connectivity index (χ4v) is 1.90. The van der Waals surface area contributed by atoms with Crippen LogP contribution in [0.4, 0.5) is 0 Å². The number of nitrogens with zero attached hydrogens (tertiary/aromatic N) is 2. The summed E-state index contributed by atoms with van der Waals surface area (Å²) in [6.07, 6.45) is 2.61. The molecule has 0 fully saturated rings. The molecular formula is C10H15N3O2. The lowest BCUT2D eigenvalue weighted by atomic mass is 10.1. The van der Waals surface area contributed by atoms with Crippen molar-refractivity contribution >= 4 is 5.97 Å². The summed E-state index contributed by atoms with van der Waals surface area (Å²) >= 11 is 0. The Morgan fingerprint density at radius 1 is 1.80 bits per heavy atom. The van der Waals surface area contributed by atoms with E-state index in [1.807, 2.05) is 18.5 Å². The lowest BCUT2D eigenvalue weighted by Gasteiger charge is -2.22. The van der Waals surface area contributed by atoms with E-state index in [9.17, 15) is 4.79 Å². The molecule has 2 heterocycles. The molecule has 0 saturated carbocycles. The van der Waals surface area contributed by atoms with Crippen molar-refractivity contribution in [2.24, 2.45) is 7.05 Å². The molecule has 0 aliphatic carbocycles. The monoisotopic (exact) mass is 209 g/mol. The maximum absolute atomic E-state index is 11.7. The molecule has 1 atom stereocenters. The Bertz CT molecular complexity index is 373.